The maximum atomic E-state index is 2.59. The maximum absolute atomic E-state index is 2.59. The van der Waals surface area contributed by atoms with E-state index in [1.165, 1.54) is 35.2 Å². The van der Waals surface area contributed by atoms with Gasteiger partial charge in [-0.1, -0.05) is 42.5 Å². The Hall–Kier alpha value is -1.64. The standard InChI is InChI=1S/C19H22N2/c1-20-11-17-7-4-8-18(19(17)14-20)13-21-10-9-15-5-2-3-6-16(15)12-21/h2-8H,9-14H2,1H3. The Morgan fingerprint density at radius 3 is 2.57 bits per heavy atom. The summed E-state index contributed by atoms with van der Waals surface area (Å²) < 4.78 is 0. The van der Waals surface area contributed by atoms with Crippen LogP contribution in [0.4, 0.5) is 0 Å². The van der Waals surface area contributed by atoms with Crippen molar-refractivity contribution in [3.05, 3.63) is 70.3 Å². The Labute approximate surface area is 127 Å². The van der Waals surface area contributed by atoms with Crippen molar-refractivity contribution in [2.45, 2.75) is 32.6 Å². The van der Waals surface area contributed by atoms with Gasteiger partial charge >= 0.3 is 0 Å². The number of hydrogen-bond donors (Lipinski definition) is 0. The van der Waals surface area contributed by atoms with E-state index in [1.807, 2.05) is 0 Å². The van der Waals surface area contributed by atoms with E-state index < -0.39 is 0 Å². The van der Waals surface area contributed by atoms with Gasteiger partial charge in [0.05, 0.1) is 0 Å². The number of nitrogens with zero attached hydrogens (tertiary/aromatic N) is 2. The second-order valence-electron chi connectivity index (χ2n) is 6.46. The number of hydrogen-bond acceptors (Lipinski definition) is 2. The lowest BCUT2D eigenvalue weighted by Gasteiger charge is -2.29. The van der Waals surface area contributed by atoms with Crippen molar-refractivity contribution >= 4 is 0 Å². The molecule has 0 fully saturated rings. The van der Waals surface area contributed by atoms with Crippen molar-refractivity contribution in [2.75, 3.05) is 13.6 Å². The number of benzene rings is 2. The van der Waals surface area contributed by atoms with E-state index in [0.29, 0.717) is 0 Å². The van der Waals surface area contributed by atoms with Crippen LogP contribution < -0.4 is 0 Å². The van der Waals surface area contributed by atoms with Gasteiger partial charge in [-0.2, -0.15) is 0 Å². The number of rotatable bonds is 2. The van der Waals surface area contributed by atoms with Crippen molar-refractivity contribution in [1.82, 2.24) is 9.80 Å². The highest BCUT2D eigenvalue weighted by Crippen LogP contribution is 2.27. The Kier molecular flexibility index (Phi) is 3.28. The first-order valence-electron chi connectivity index (χ1n) is 7.87. The molecule has 0 aliphatic carbocycles. The van der Waals surface area contributed by atoms with E-state index in [9.17, 15) is 0 Å². The summed E-state index contributed by atoms with van der Waals surface area (Å²) in [4.78, 5) is 5.00. The Bertz CT molecular complexity index is 662. The molecule has 21 heavy (non-hydrogen) atoms. The fraction of sp³-hybridized carbons (Fsp3) is 0.368. The first-order valence-corrected chi connectivity index (χ1v) is 7.87. The molecule has 2 heteroatoms. The van der Waals surface area contributed by atoms with Crippen LogP contribution in [-0.2, 0) is 32.6 Å². The lowest BCUT2D eigenvalue weighted by Crippen LogP contribution is -2.30. The molecule has 0 unspecified atom stereocenters. The van der Waals surface area contributed by atoms with Crippen LogP contribution in [0.5, 0.6) is 0 Å². The summed E-state index contributed by atoms with van der Waals surface area (Å²) in [6.07, 6.45) is 1.19. The molecule has 4 rings (SSSR count). The molecule has 0 aromatic heterocycles. The van der Waals surface area contributed by atoms with E-state index in [4.69, 9.17) is 0 Å². The highest BCUT2D eigenvalue weighted by atomic mass is 15.1. The summed E-state index contributed by atoms with van der Waals surface area (Å²) in [7, 11) is 2.21. The SMILES string of the molecule is CN1Cc2cccc(CN3CCc4ccccc4C3)c2C1. The molecule has 0 spiro atoms. The summed E-state index contributed by atoms with van der Waals surface area (Å²) in [5.74, 6) is 0. The molecule has 0 saturated heterocycles. The minimum Gasteiger partial charge on any atom is -0.298 e. The summed E-state index contributed by atoms with van der Waals surface area (Å²) in [5, 5.41) is 0. The maximum Gasteiger partial charge on any atom is 0.0240 e. The molecule has 0 N–H and O–H groups in total. The van der Waals surface area contributed by atoms with Gasteiger partial charge in [0.2, 0.25) is 0 Å². The molecule has 2 aromatic carbocycles. The molecular formula is C19H22N2. The summed E-state index contributed by atoms with van der Waals surface area (Å²) in [6, 6.07) is 15.7. The minimum atomic E-state index is 1.09. The lowest BCUT2D eigenvalue weighted by atomic mass is 9.98. The first kappa shape index (κ1) is 13.1. The van der Waals surface area contributed by atoms with E-state index in [2.05, 4.69) is 59.3 Å². The fourth-order valence-corrected chi connectivity index (χ4v) is 3.73. The number of fused-ring (bicyclic) bond motifs is 2. The van der Waals surface area contributed by atoms with Crippen molar-refractivity contribution in [1.29, 1.82) is 0 Å². The van der Waals surface area contributed by atoms with Gasteiger partial charge in [0.15, 0.2) is 0 Å². The molecule has 2 nitrogen and oxygen atoms in total. The van der Waals surface area contributed by atoms with E-state index in [1.54, 1.807) is 5.56 Å². The van der Waals surface area contributed by atoms with Gasteiger partial charge in [-0.15, -0.1) is 0 Å². The van der Waals surface area contributed by atoms with Gasteiger partial charge < -0.3 is 0 Å². The topological polar surface area (TPSA) is 6.48 Å². The van der Waals surface area contributed by atoms with Gasteiger partial charge in [0.1, 0.15) is 0 Å². The van der Waals surface area contributed by atoms with E-state index >= 15 is 0 Å². The van der Waals surface area contributed by atoms with Crippen molar-refractivity contribution in [2.24, 2.45) is 0 Å². The monoisotopic (exact) mass is 278 g/mol. The van der Waals surface area contributed by atoms with Crippen molar-refractivity contribution < 1.29 is 0 Å². The second kappa shape index (κ2) is 5.28. The third-order valence-electron chi connectivity index (χ3n) is 4.84. The molecule has 2 heterocycles. The van der Waals surface area contributed by atoms with Gasteiger partial charge in [0, 0.05) is 32.7 Å². The molecule has 2 aromatic rings. The lowest BCUT2D eigenvalue weighted by molar-refractivity contribution is 0.244. The zero-order valence-corrected chi connectivity index (χ0v) is 12.7. The van der Waals surface area contributed by atoms with Gasteiger partial charge in [-0.05, 0) is 41.3 Å². The van der Waals surface area contributed by atoms with Crippen LogP contribution in [0.3, 0.4) is 0 Å². The quantitative estimate of drug-likeness (QED) is 0.832. The molecule has 0 amide bonds. The van der Waals surface area contributed by atoms with Crippen LogP contribution in [0.2, 0.25) is 0 Å². The smallest absolute Gasteiger partial charge is 0.0240 e. The average Bonchev–Trinajstić information content (AvgIpc) is 2.89. The Balaban J connectivity index is 1.55. The molecule has 0 atom stereocenters. The van der Waals surface area contributed by atoms with Crippen molar-refractivity contribution in [3.8, 4) is 0 Å². The van der Waals surface area contributed by atoms with Crippen molar-refractivity contribution in [3.63, 3.8) is 0 Å². The molecule has 2 aliphatic heterocycles. The highest BCUT2D eigenvalue weighted by molar-refractivity contribution is 5.38. The first-order chi connectivity index (χ1) is 10.3. The zero-order valence-electron chi connectivity index (χ0n) is 12.7. The van der Waals surface area contributed by atoms with Crippen LogP contribution >= 0.6 is 0 Å². The van der Waals surface area contributed by atoms with Crippen LogP contribution in [0.15, 0.2) is 42.5 Å². The summed E-state index contributed by atoms with van der Waals surface area (Å²) >= 11 is 0. The Morgan fingerprint density at radius 2 is 1.67 bits per heavy atom. The molecule has 0 saturated carbocycles. The van der Waals surface area contributed by atoms with E-state index in [-0.39, 0.29) is 0 Å². The van der Waals surface area contributed by atoms with Crippen LogP contribution in [0.1, 0.15) is 27.8 Å². The minimum absolute atomic E-state index is 1.09. The van der Waals surface area contributed by atoms with Gasteiger partial charge in [0.25, 0.3) is 0 Å². The summed E-state index contributed by atoms with van der Waals surface area (Å²) in [5.41, 5.74) is 7.66. The van der Waals surface area contributed by atoms with Crippen LogP contribution in [-0.4, -0.2) is 23.4 Å². The Morgan fingerprint density at radius 1 is 0.857 bits per heavy atom. The normalized spacial score (nSPS) is 18.5. The van der Waals surface area contributed by atoms with E-state index in [0.717, 1.165) is 26.2 Å². The summed E-state index contributed by atoms with van der Waals surface area (Å²) in [6.45, 7) is 5.57. The average molecular weight is 278 g/mol. The molecule has 0 radical (unpaired) electrons. The zero-order chi connectivity index (χ0) is 14.2. The second-order valence-corrected chi connectivity index (χ2v) is 6.46. The fourth-order valence-electron chi connectivity index (χ4n) is 3.73. The predicted octanol–water partition coefficient (Wildman–Crippen LogP) is 3.19. The van der Waals surface area contributed by atoms with Crippen LogP contribution in [0, 0.1) is 0 Å². The van der Waals surface area contributed by atoms with Crippen LogP contribution in [0.25, 0.3) is 0 Å². The molecule has 108 valence electrons. The molecule has 0 bridgehead atoms. The molecular weight excluding hydrogens is 256 g/mol. The van der Waals surface area contributed by atoms with Gasteiger partial charge in [-0.25, -0.2) is 0 Å². The third kappa shape index (κ3) is 2.50. The predicted molar refractivity (Wildman–Crippen MR) is 85.9 cm³/mol. The molecule has 2 aliphatic rings. The van der Waals surface area contributed by atoms with Gasteiger partial charge in [-0.3, -0.25) is 9.80 Å². The highest BCUT2D eigenvalue weighted by Gasteiger charge is 2.21. The third-order valence-corrected chi connectivity index (χ3v) is 4.84. The largest absolute Gasteiger partial charge is 0.298 e.